The summed E-state index contributed by atoms with van der Waals surface area (Å²) in [6.07, 6.45) is 4.69. The number of hydrogen-bond donors (Lipinski definition) is 2. The first-order chi connectivity index (χ1) is 12.6. The van der Waals surface area contributed by atoms with E-state index in [-0.39, 0.29) is 24.2 Å². The van der Waals surface area contributed by atoms with E-state index in [1.54, 1.807) is 0 Å². The van der Waals surface area contributed by atoms with Crippen molar-refractivity contribution in [2.24, 2.45) is 11.8 Å². The van der Waals surface area contributed by atoms with Crippen molar-refractivity contribution in [1.82, 2.24) is 15.5 Å². The fourth-order valence-electron chi connectivity index (χ4n) is 3.95. The van der Waals surface area contributed by atoms with Crippen LogP contribution in [0.4, 0.5) is 0 Å². The van der Waals surface area contributed by atoms with Gasteiger partial charge < -0.3 is 15.5 Å². The number of nitrogens with zero attached hydrogens (tertiary/aromatic N) is 1. The van der Waals surface area contributed by atoms with Crippen molar-refractivity contribution in [2.45, 2.75) is 52.1 Å². The Morgan fingerprint density at radius 2 is 2.00 bits per heavy atom. The van der Waals surface area contributed by atoms with Gasteiger partial charge in [-0.1, -0.05) is 31.2 Å². The van der Waals surface area contributed by atoms with E-state index < -0.39 is 0 Å². The van der Waals surface area contributed by atoms with E-state index in [0.717, 1.165) is 37.2 Å². The predicted octanol–water partition coefficient (Wildman–Crippen LogP) is 2.87. The average molecular weight is 394 g/mol. The van der Waals surface area contributed by atoms with E-state index >= 15 is 0 Å². The molecule has 2 unspecified atom stereocenters. The molecule has 0 spiro atoms. The summed E-state index contributed by atoms with van der Waals surface area (Å²) in [6.45, 7) is 6.46. The highest BCUT2D eigenvalue weighted by Gasteiger charge is 2.22. The number of nitrogens with one attached hydrogen (secondary N) is 2. The van der Waals surface area contributed by atoms with Crippen LogP contribution in [-0.4, -0.2) is 36.3 Å². The van der Waals surface area contributed by atoms with Crippen molar-refractivity contribution in [3.63, 3.8) is 0 Å². The highest BCUT2D eigenvalue weighted by atomic mass is 35.5. The zero-order valence-corrected chi connectivity index (χ0v) is 17.0. The molecule has 1 aromatic carbocycles. The summed E-state index contributed by atoms with van der Waals surface area (Å²) in [5.74, 6) is 1.42. The van der Waals surface area contributed by atoms with Crippen molar-refractivity contribution in [3.05, 3.63) is 35.4 Å². The summed E-state index contributed by atoms with van der Waals surface area (Å²) < 4.78 is 0. The van der Waals surface area contributed by atoms with Crippen LogP contribution in [0.2, 0.25) is 0 Å². The third-order valence-corrected chi connectivity index (χ3v) is 5.70. The van der Waals surface area contributed by atoms with Gasteiger partial charge in [0.2, 0.25) is 11.8 Å². The second-order valence-electron chi connectivity index (χ2n) is 7.80. The minimum atomic E-state index is 0. The van der Waals surface area contributed by atoms with E-state index in [0.29, 0.717) is 37.8 Å². The lowest BCUT2D eigenvalue weighted by atomic mass is 9.85. The third-order valence-electron chi connectivity index (χ3n) is 5.70. The molecule has 6 heteroatoms. The Bertz CT molecular complexity index is 614. The average Bonchev–Trinajstić information content (AvgIpc) is 3.06. The molecule has 0 radical (unpaired) electrons. The molecular formula is C21H32ClN3O2. The van der Waals surface area contributed by atoms with Crippen LogP contribution in [0.3, 0.4) is 0 Å². The molecule has 0 aromatic heterocycles. The van der Waals surface area contributed by atoms with Gasteiger partial charge in [0, 0.05) is 32.5 Å². The maximum atomic E-state index is 12.2. The van der Waals surface area contributed by atoms with E-state index in [9.17, 15) is 9.59 Å². The molecule has 0 saturated carbocycles. The second kappa shape index (κ2) is 10.7. The van der Waals surface area contributed by atoms with Crippen molar-refractivity contribution < 1.29 is 9.59 Å². The van der Waals surface area contributed by atoms with Gasteiger partial charge in [0.25, 0.3) is 0 Å². The third kappa shape index (κ3) is 6.51. The quantitative estimate of drug-likeness (QED) is 0.748. The second-order valence-corrected chi connectivity index (χ2v) is 7.80. The van der Waals surface area contributed by atoms with Gasteiger partial charge in [-0.25, -0.2) is 0 Å². The Balaban J connectivity index is 0.00000261. The molecule has 0 bridgehead atoms. The summed E-state index contributed by atoms with van der Waals surface area (Å²) in [4.78, 5) is 25.8. The monoisotopic (exact) mass is 393 g/mol. The molecule has 1 aromatic rings. The van der Waals surface area contributed by atoms with Crippen LogP contribution in [0.5, 0.6) is 0 Å². The number of hydrogen-bond acceptors (Lipinski definition) is 3. The molecule has 3 rings (SSSR count). The largest absolute Gasteiger partial charge is 0.352 e. The molecule has 2 amide bonds. The van der Waals surface area contributed by atoms with Crippen LogP contribution in [0.15, 0.2) is 24.3 Å². The molecular weight excluding hydrogens is 362 g/mol. The molecule has 2 fully saturated rings. The van der Waals surface area contributed by atoms with Crippen LogP contribution >= 0.6 is 12.4 Å². The van der Waals surface area contributed by atoms with Crippen molar-refractivity contribution in [3.8, 4) is 0 Å². The first-order valence-corrected chi connectivity index (χ1v) is 9.95. The van der Waals surface area contributed by atoms with Crippen LogP contribution in [0.25, 0.3) is 0 Å². The first-order valence-electron chi connectivity index (χ1n) is 9.95. The standard InChI is InChI=1S/C21H31N3O2.ClH/c1-16(19-4-2-10-22-14-19)12-20(25)23-13-17-6-8-18(9-7-17)15-24-11-3-5-21(24)26;/h6-9,16,19,22H,2-5,10-15H2,1H3,(H,23,25);1H. The predicted molar refractivity (Wildman–Crippen MR) is 110 cm³/mol. The molecule has 2 atom stereocenters. The molecule has 2 N–H and O–H groups in total. The maximum Gasteiger partial charge on any atom is 0.222 e. The Hall–Kier alpha value is -1.59. The minimum absolute atomic E-state index is 0. The van der Waals surface area contributed by atoms with Gasteiger partial charge in [-0.05, 0) is 55.3 Å². The number of rotatable bonds is 7. The molecule has 27 heavy (non-hydrogen) atoms. The fraction of sp³-hybridized carbons (Fsp3) is 0.619. The SMILES string of the molecule is CC(CC(=O)NCc1ccc(CN2CCCC2=O)cc1)C1CCCNC1.Cl. The lowest BCUT2D eigenvalue weighted by Crippen LogP contribution is -2.35. The van der Waals surface area contributed by atoms with Gasteiger partial charge >= 0.3 is 0 Å². The van der Waals surface area contributed by atoms with Crippen LogP contribution in [-0.2, 0) is 22.7 Å². The Kier molecular flexibility index (Phi) is 8.58. The molecule has 2 saturated heterocycles. The first kappa shape index (κ1) is 21.7. The Morgan fingerprint density at radius 3 is 2.63 bits per heavy atom. The minimum Gasteiger partial charge on any atom is -0.352 e. The van der Waals surface area contributed by atoms with Gasteiger partial charge in [0.1, 0.15) is 0 Å². The highest BCUT2D eigenvalue weighted by molar-refractivity contribution is 5.85. The van der Waals surface area contributed by atoms with Crippen molar-refractivity contribution in [2.75, 3.05) is 19.6 Å². The van der Waals surface area contributed by atoms with Gasteiger partial charge in [-0.3, -0.25) is 9.59 Å². The molecule has 5 nitrogen and oxygen atoms in total. The maximum absolute atomic E-state index is 12.2. The van der Waals surface area contributed by atoms with Gasteiger partial charge in [0.05, 0.1) is 0 Å². The number of carbonyl (C=O) groups excluding carboxylic acids is 2. The zero-order chi connectivity index (χ0) is 18.4. The van der Waals surface area contributed by atoms with E-state index in [2.05, 4.69) is 29.7 Å². The van der Waals surface area contributed by atoms with Gasteiger partial charge in [0.15, 0.2) is 0 Å². The zero-order valence-electron chi connectivity index (χ0n) is 16.2. The van der Waals surface area contributed by atoms with Crippen molar-refractivity contribution in [1.29, 1.82) is 0 Å². The summed E-state index contributed by atoms with van der Waals surface area (Å²) in [6, 6.07) is 8.21. The van der Waals surface area contributed by atoms with Gasteiger partial charge in [-0.2, -0.15) is 0 Å². The normalized spacial score (nSPS) is 20.9. The number of piperidine rings is 1. The van der Waals surface area contributed by atoms with E-state index in [4.69, 9.17) is 0 Å². The number of carbonyl (C=O) groups is 2. The molecule has 2 aliphatic heterocycles. The van der Waals surface area contributed by atoms with Gasteiger partial charge in [-0.15, -0.1) is 12.4 Å². The molecule has 0 aliphatic carbocycles. The summed E-state index contributed by atoms with van der Waals surface area (Å²) in [5.41, 5.74) is 2.25. The summed E-state index contributed by atoms with van der Waals surface area (Å²) in [7, 11) is 0. The molecule has 2 heterocycles. The molecule has 2 aliphatic rings. The summed E-state index contributed by atoms with van der Waals surface area (Å²) >= 11 is 0. The lowest BCUT2D eigenvalue weighted by Gasteiger charge is -2.28. The van der Waals surface area contributed by atoms with E-state index in [1.165, 1.54) is 12.8 Å². The molecule has 150 valence electrons. The summed E-state index contributed by atoms with van der Waals surface area (Å²) in [5, 5.41) is 6.47. The Labute approximate surface area is 168 Å². The smallest absolute Gasteiger partial charge is 0.222 e. The lowest BCUT2D eigenvalue weighted by molar-refractivity contribution is -0.128. The number of amides is 2. The van der Waals surface area contributed by atoms with Crippen molar-refractivity contribution >= 4 is 24.2 Å². The highest BCUT2D eigenvalue weighted by Crippen LogP contribution is 2.22. The number of benzene rings is 1. The van der Waals surface area contributed by atoms with Crippen LogP contribution in [0.1, 0.15) is 50.2 Å². The fourth-order valence-corrected chi connectivity index (χ4v) is 3.95. The topological polar surface area (TPSA) is 61.4 Å². The number of likely N-dealkylation sites (tertiary alicyclic amines) is 1. The van der Waals surface area contributed by atoms with Crippen LogP contribution in [0, 0.1) is 11.8 Å². The van der Waals surface area contributed by atoms with E-state index in [1.807, 2.05) is 17.0 Å². The van der Waals surface area contributed by atoms with Crippen LogP contribution < -0.4 is 10.6 Å². The Morgan fingerprint density at radius 1 is 1.26 bits per heavy atom. The number of halogens is 1.